The number of ether oxygens (including phenoxy) is 1. The fourth-order valence-corrected chi connectivity index (χ4v) is 4.71. The van der Waals surface area contributed by atoms with E-state index in [9.17, 15) is 4.79 Å². The summed E-state index contributed by atoms with van der Waals surface area (Å²) in [6.45, 7) is 1.32. The van der Waals surface area contributed by atoms with Crippen molar-refractivity contribution in [1.82, 2.24) is 9.97 Å². The third-order valence-corrected chi connectivity index (χ3v) is 6.19. The molecule has 0 atom stereocenters. The van der Waals surface area contributed by atoms with Crippen molar-refractivity contribution >= 4 is 33.8 Å². The summed E-state index contributed by atoms with van der Waals surface area (Å²) >= 11 is 1.51. The van der Waals surface area contributed by atoms with Gasteiger partial charge in [0.25, 0.3) is 0 Å². The average molecular weight is 417 g/mol. The van der Waals surface area contributed by atoms with Crippen LogP contribution in [0.15, 0.2) is 53.9 Å². The number of nitrogens with two attached hydrogens (primary N) is 1. The van der Waals surface area contributed by atoms with Gasteiger partial charge in [-0.3, -0.25) is 4.79 Å². The topological polar surface area (TPSA) is 90.1 Å². The Morgan fingerprint density at radius 1 is 1.10 bits per heavy atom. The Kier molecular flexibility index (Phi) is 4.80. The Bertz CT molecular complexity index is 1240. The Hall–Kier alpha value is -3.45. The molecule has 1 aliphatic heterocycles. The van der Waals surface area contributed by atoms with Crippen molar-refractivity contribution in [2.45, 2.75) is 19.4 Å². The number of nitrogens with zero attached hydrogens (tertiary/aromatic N) is 2. The molecule has 1 amide bonds. The average Bonchev–Trinajstić information content (AvgIpc) is 3.22. The van der Waals surface area contributed by atoms with Crippen molar-refractivity contribution in [2.24, 2.45) is 5.73 Å². The molecule has 4 aromatic rings. The summed E-state index contributed by atoms with van der Waals surface area (Å²) in [6.07, 6.45) is 1.82. The second kappa shape index (κ2) is 7.76. The van der Waals surface area contributed by atoms with Crippen molar-refractivity contribution < 1.29 is 9.53 Å². The zero-order valence-corrected chi connectivity index (χ0v) is 17.0. The van der Waals surface area contributed by atoms with Crippen molar-refractivity contribution in [2.75, 3.05) is 11.9 Å². The van der Waals surface area contributed by atoms with Crippen LogP contribution in [-0.4, -0.2) is 22.5 Å². The smallest absolute Gasteiger partial charge is 0.249 e. The number of nitrogens with one attached hydrogen (secondary N) is 1. The highest BCUT2D eigenvalue weighted by Gasteiger charge is 2.22. The predicted octanol–water partition coefficient (Wildman–Crippen LogP) is 4.39. The molecular weight excluding hydrogens is 396 g/mol. The van der Waals surface area contributed by atoms with Gasteiger partial charge in [-0.2, -0.15) is 4.98 Å². The van der Waals surface area contributed by atoms with Crippen LogP contribution in [0.3, 0.4) is 0 Å². The quantitative estimate of drug-likeness (QED) is 0.503. The first-order chi connectivity index (χ1) is 14.7. The Morgan fingerprint density at radius 2 is 1.97 bits per heavy atom. The number of carbonyl (C=O) groups excluding carboxylic acids is 1. The van der Waals surface area contributed by atoms with Gasteiger partial charge in [0.2, 0.25) is 11.8 Å². The largest absolute Gasteiger partial charge is 0.477 e. The Morgan fingerprint density at radius 3 is 2.80 bits per heavy atom. The minimum Gasteiger partial charge on any atom is -0.477 e. The summed E-state index contributed by atoms with van der Waals surface area (Å²) in [5.74, 6) is 1.58. The lowest BCUT2D eigenvalue weighted by molar-refractivity contribution is 0.100. The van der Waals surface area contributed by atoms with Crippen molar-refractivity contribution in [1.29, 1.82) is 0 Å². The normalized spacial score (nSPS) is 12.9. The number of thiophene rings is 1. The number of hydrogen-bond acceptors (Lipinski definition) is 6. The number of hydrogen-bond donors (Lipinski definition) is 2. The maximum Gasteiger partial charge on any atom is 0.249 e. The first-order valence-corrected chi connectivity index (χ1v) is 10.7. The molecule has 0 fully saturated rings. The number of rotatable bonds is 5. The van der Waals surface area contributed by atoms with E-state index >= 15 is 0 Å². The van der Waals surface area contributed by atoms with Crippen LogP contribution < -0.4 is 15.8 Å². The molecule has 0 unspecified atom stereocenters. The van der Waals surface area contributed by atoms with Crippen molar-refractivity contribution in [3.8, 4) is 16.6 Å². The van der Waals surface area contributed by atoms with E-state index in [-0.39, 0.29) is 0 Å². The zero-order chi connectivity index (χ0) is 20.5. The summed E-state index contributed by atoms with van der Waals surface area (Å²) in [4.78, 5) is 22.3. The molecule has 0 saturated heterocycles. The molecule has 3 N–H and O–H groups in total. The summed E-state index contributed by atoms with van der Waals surface area (Å²) in [6, 6.07) is 15.8. The van der Waals surface area contributed by atoms with Gasteiger partial charge in [-0.15, -0.1) is 11.3 Å². The molecule has 0 bridgehead atoms. The molecule has 1 aliphatic rings. The number of anilines is 1. The van der Waals surface area contributed by atoms with Crippen LogP contribution >= 0.6 is 11.3 Å². The molecule has 6 nitrogen and oxygen atoms in total. The molecule has 150 valence electrons. The molecule has 7 heteroatoms. The minimum absolute atomic E-state index is 0.440. The minimum atomic E-state index is -0.440. The second-order valence-corrected chi connectivity index (χ2v) is 8.05. The highest BCUT2D eigenvalue weighted by molar-refractivity contribution is 7.15. The molecule has 0 spiro atoms. The SMILES string of the molecule is NC(=O)c1cccc2c(-c3nc(NCc4ccccc4)c4c(n3)OCCC4)scc12. The Balaban J connectivity index is 1.58. The van der Waals surface area contributed by atoms with Crippen LogP contribution in [0, 0.1) is 0 Å². The van der Waals surface area contributed by atoms with Crippen LogP contribution in [0.5, 0.6) is 5.88 Å². The summed E-state index contributed by atoms with van der Waals surface area (Å²) < 4.78 is 5.87. The molecule has 2 aromatic carbocycles. The molecule has 30 heavy (non-hydrogen) atoms. The van der Waals surface area contributed by atoms with Gasteiger partial charge in [0.15, 0.2) is 5.82 Å². The molecule has 0 saturated carbocycles. The molecule has 0 aliphatic carbocycles. The predicted molar refractivity (Wildman–Crippen MR) is 119 cm³/mol. The van der Waals surface area contributed by atoms with Crippen LogP contribution in [-0.2, 0) is 13.0 Å². The molecular formula is C23H20N4O2S. The van der Waals surface area contributed by atoms with Crippen LogP contribution in [0.4, 0.5) is 5.82 Å². The number of amides is 1. The van der Waals surface area contributed by atoms with Crippen molar-refractivity contribution in [3.05, 3.63) is 70.6 Å². The van der Waals surface area contributed by atoms with E-state index in [1.165, 1.54) is 16.9 Å². The third kappa shape index (κ3) is 3.37. The fraction of sp³-hybridized carbons (Fsp3) is 0.174. The maximum atomic E-state index is 11.8. The fourth-order valence-electron chi connectivity index (χ4n) is 3.71. The van der Waals surface area contributed by atoms with E-state index < -0.39 is 5.91 Å². The molecule has 3 heterocycles. The van der Waals surface area contributed by atoms with Gasteiger partial charge in [0, 0.05) is 28.3 Å². The van der Waals surface area contributed by atoms with Crippen LogP contribution in [0.1, 0.15) is 27.9 Å². The zero-order valence-electron chi connectivity index (χ0n) is 16.2. The summed E-state index contributed by atoms with van der Waals surface area (Å²) in [5.41, 5.74) is 8.24. The van der Waals surface area contributed by atoms with E-state index in [1.807, 2.05) is 35.7 Å². The standard InChI is InChI=1S/C23H20N4O2S/c24-20(28)16-9-4-8-15-18(16)13-30-19(15)22-26-21(17-10-5-11-29-23(17)27-22)25-12-14-6-2-1-3-7-14/h1-4,6-9,13H,5,10-12H2,(H2,24,28)(H,25,26,27). The number of benzene rings is 2. The van der Waals surface area contributed by atoms with E-state index in [1.54, 1.807) is 6.07 Å². The summed E-state index contributed by atoms with van der Waals surface area (Å²) in [7, 11) is 0. The maximum absolute atomic E-state index is 11.8. The Labute approximate surface area is 177 Å². The van der Waals surface area contributed by atoms with E-state index in [2.05, 4.69) is 17.4 Å². The highest BCUT2D eigenvalue weighted by Crippen LogP contribution is 2.38. The monoisotopic (exact) mass is 416 g/mol. The van der Waals surface area contributed by atoms with Crippen LogP contribution in [0.2, 0.25) is 0 Å². The van der Waals surface area contributed by atoms with Gasteiger partial charge in [-0.25, -0.2) is 4.98 Å². The lowest BCUT2D eigenvalue weighted by Crippen LogP contribution is -2.15. The number of carbonyl (C=O) groups is 1. The van der Waals surface area contributed by atoms with E-state index in [0.29, 0.717) is 30.4 Å². The lowest BCUT2D eigenvalue weighted by atomic mass is 10.1. The number of aromatic nitrogens is 2. The lowest BCUT2D eigenvalue weighted by Gasteiger charge is -2.20. The highest BCUT2D eigenvalue weighted by atomic mass is 32.1. The molecule has 0 radical (unpaired) electrons. The molecule has 5 rings (SSSR count). The summed E-state index contributed by atoms with van der Waals surface area (Å²) in [5, 5.41) is 7.15. The van der Waals surface area contributed by atoms with Gasteiger partial charge < -0.3 is 15.8 Å². The van der Waals surface area contributed by atoms with Gasteiger partial charge >= 0.3 is 0 Å². The van der Waals surface area contributed by atoms with Gasteiger partial charge in [-0.05, 0) is 24.5 Å². The van der Waals surface area contributed by atoms with Gasteiger partial charge in [0.05, 0.1) is 17.0 Å². The van der Waals surface area contributed by atoms with E-state index in [0.717, 1.165) is 39.9 Å². The van der Waals surface area contributed by atoms with Gasteiger partial charge in [0.1, 0.15) is 5.82 Å². The first-order valence-electron chi connectivity index (χ1n) is 9.82. The number of fused-ring (bicyclic) bond motifs is 2. The van der Waals surface area contributed by atoms with Crippen LogP contribution in [0.25, 0.3) is 21.5 Å². The number of primary amides is 1. The first kappa shape index (κ1) is 18.6. The second-order valence-electron chi connectivity index (χ2n) is 7.17. The van der Waals surface area contributed by atoms with Crippen molar-refractivity contribution in [3.63, 3.8) is 0 Å². The molecule has 2 aromatic heterocycles. The third-order valence-electron chi connectivity index (χ3n) is 5.20. The van der Waals surface area contributed by atoms with E-state index in [4.69, 9.17) is 20.4 Å². The van der Waals surface area contributed by atoms with Gasteiger partial charge in [-0.1, -0.05) is 42.5 Å².